The van der Waals surface area contributed by atoms with Crippen LogP contribution in [0.15, 0.2) is 0 Å². The minimum Gasteiger partial charge on any atom is -0.790 e. The molecule has 0 saturated carbocycles. The number of hydrogen-bond acceptors (Lipinski definition) is 24. The average Bonchev–Trinajstić information content (AvgIpc) is 3.32. The van der Waals surface area contributed by atoms with Crippen LogP contribution < -0.4 is 276 Å². The third kappa shape index (κ3) is 50.2. The van der Waals surface area contributed by atoms with Gasteiger partial charge in [-0.2, -0.15) is 0 Å². The first kappa shape index (κ1) is 105. The quantitative estimate of drug-likeness (QED) is 0.0250. The van der Waals surface area contributed by atoms with Crippen molar-refractivity contribution in [1.82, 2.24) is 0 Å². The van der Waals surface area contributed by atoms with Gasteiger partial charge in [0.05, 0.1) is 57.7 Å². The zero-order valence-corrected chi connectivity index (χ0v) is 71.6. The van der Waals surface area contributed by atoms with Crippen LogP contribution in [0.2, 0.25) is 0 Å². The van der Waals surface area contributed by atoms with Gasteiger partial charge in [0.2, 0.25) is 0 Å². The van der Waals surface area contributed by atoms with Crippen LogP contribution >= 0.6 is 31.3 Å². The van der Waals surface area contributed by atoms with Crippen LogP contribution in [0, 0.1) is 5.41 Å². The van der Waals surface area contributed by atoms with E-state index in [1.807, 2.05) is 0 Å². The molecule has 0 bridgehead atoms. The third-order valence-corrected chi connectivity index (χ3v) is 15.8. The van der Waals surface area contributed by atoms with Crippen molar-refractivity contribution in [3.05, 3.63) is 0 Å². The number of phosphoric ester groups is 4. The van der Waals surface area contributed by atoms with Crippen molar-refractivity contribution in [2.45, 2.75) is 268 Å². The molecule has 0 unspecified atom stereocenters. The summed E-state index contributed by atoms with van der Waals surface area (Å²) in [6.07, 6.45) is 7.99. The summed E-state index contributed by atoms with van der Waals surface area (Å²) in [6, 6.07) is 0. The maximum Gasteiger partial charge on any atom is 1.00 e. The van der Waals surface area contributed by atoms with E-state index >= 15 is 0 Å². The van der Waals surface area contributed by atoms with E-state index in [0.29, 0.717) is 25.7 Å². The molecular formula is C47H88Na8O24P4. The molecule has 2 aliphatic rings. The van der Waals surface area contributed by atoms with Gasteiger partial charge in [0, 0.05) is 5.41 Å². The molecule has 2 saturated heterocycles. The molecule has 2 fully saturated rings. The molecule has 4 N–H and O–H groups in total. The minimum absolute atomic E-state index is 0. The van der Waals surface area contributed by atoms with Crippen molar-refractivity contribution in [2.75, 3.05) is 26.4 Å². The fourth-order valence-electron chi connectivity index (χ4n) is 9.81. The largest absolute Gasteiger partial charge is 1.00 e. The van der Waals surface area contributed by atoms with E-state index in [1.165, 1.54) is 89.9 Å². The van der Waals surface area contributed by atoms with Crippen molar-refractivity contribution >= 4 is 31.3 Å². The first-order chi connectivity index (χ1) is 35.4. The maximum atomic E-state index is 11.8. The van der Waals surface area contributed by atoms with Crippen molar-refractivity contribution in [3.63, 3.8) is 0 Å². The Hall–Kier alpha value is 8.12. The molecule has 10 atom stereocenters. The molecule has 0 amide bonds. The van der Waals surface area contributed by atoms with E-state index in [0.717, 1.165) is 64.2 Å². The number of rotatable bonds is 46. The Morgan fingerprint density at radius 2 is 0.566 bits per heavy atom. The smallest absolute Gasteiger partial charge is 0.790 e. The first-order valence-corrected chi connectivity index (χ1v) is 33.2. The number of aliphatic hydroxyl groups is 4. The number of unbranched alkanes of at least 4 members (excludes halogenated alkanes) is 26. The summed E-state index contributed by atoms with van der Waals surface area (Å²) < 4.78 is 88.1. The molecule has 0 radical (unpaired) electrons. The zero-order chi connectivity index (χ0) is 56.0. The van der Waals surface area contributed by atoms with Gasteiger partial charge in [-0.3, -0.25) is 0 Å². The van der Waals surface area contributed by atoms with Crippen molar-refractivity contribution in [3.8, 4) is 0 Å². The molecule has 448 valence electrons. The molecule has 0 aromatic heterocycles. The van der Waals surface area contributed by atoms with Gasteiger partial charge in [-0.25, -0.2) is 0 Å². The Kier molecular flexibility index (Phi) is 74.4. The van der Waals surface area contributed by atoms with Crippen LogP contribution in [-0.4, -0.2) is 108 Å². The predicted molar refractivity (Wildman–Crippen MR) is 258 cm³/mol. The molecule has 2 heterocycles. The van der Waals surface area contributed by atoms with Gasteiger partial charge < -0.3 is 115 Å². The second-order valence-corrected chi connectivity index (χ2v) is 24.7. The van der Waals surface area contributed by atoms with Crippen LogP contribution in [0.5, 0.6) is 0 Å². The van der Waals surface area contributed by atoms with Gasteiger partial charge >= 0.3 is 236 Å². The van der Waals surface area contributed by atoms with E-state index in [1.54, 1.807) is 0 Å². The summed E-state index contributed by atoms with van der Waals surface area (Å²) in [6.45, 7) is 1.11. The molecule has 0 aromatic rings. The molecule has 0 spiro atoms. The van der Waals surface area contributed by atoms with Crippen LogP contribution in [0.25, 0.3) is 0 Å². The van der Waals surface area contributed by atoms with Gasteiger partial charge in [-0.1, -0.05) is 194 Å². The first-order valence-electron chi connectivity index (χ1n) is 27.3. The Balaban J connectivity index is -0.00000144. The molecular weight excluding hydrogens is 1260 g/mol. The van der Waals surface area contributed by atoms with Crippen LogP contribution in [0.1, 0.15) is 206 Å². The number of ether oxygens (including phenoxy) is 4. The van der Waals surface area contributed by atoms with Gasteiger partial charge in [0.25, 0.3) is 0 Å². The molecule has 24 nitrogen and oxygen atoms in total. The average molecular weight is 1350 g/mol. The SMILES string of the molecule is CCCCCCCCCCCCCCCCC(CCCCCCCCCCCCCCCC)(CO[C@@H]1O[C@H](CO)[C@H](OP(=O)([O-])[O-])[C@H](OP(=O)([O-])[O-])[C@H]1O)CO[C@@H]1O[C@H](CO)[C@H](OP(=O)([O-])[O-])[C@H](OP(=O)([O-])[O-])[C@H]1O.[Na+].[Na+].[Na+].[Na+].[Na+].[Na+].[Na+].[Na+]. The maximum absolute atomic E-state index is 11.8. The number of hydrogen-bond donors (Lipinski definition) is 4. The van der Waals surface area contributed by atoms with Gasteiger partial charge in [-0.15, -0.1) is 0 Å². The second-order valence-electron chi connectivity index (χ2n) is 20.3. The van der Waals surface area contributed by atoms with Crippen molar-refractivity contribution in [1.29, 1.82) is 0 Å². The fraction of sp³-hybridized carbons (Fsp3) is 1.00. The standard InChI is InChI=1S/C47H96O24P4.8Na/c1-3-5-7-9-11-13-15-17-19-21-23-25-27-29-31-47(32-30-28-26-24-22-20-18-16-14-12-10-8-6-4-2,35-64-45-39(50)43(70-74(58,59)60)41(37(33-48)66-45)68-72(52,53)54)36-65-46-40(51)44(71-75(61,62)63)42(38(34-49)67-46)69-73(55,56)57;;;;;;;;/h37-46,48-51H,3-36H2,1-2H3,(H2,52,53,54)(H2,55,56,57)(H2,58,59,60)(H2,61,62,63);;;;;;;;/q;8*+1/p-8/t37-,38-,39-,40-,41+,42+,43-,44-,45-,46-;;;;;;;;/m1......../s1. The molecule has 0 aliphatic carbocycles. The minimum atomic E-state index is -6.07. The molecule has 2 rings (SSSR count). The monoisotopic (exact) mass is 1340 g/mol. The Morgan fingerprint density at radius 1 is 0.361 bits per heavy atom. The Bertz CT molecular complexity index is 1580. The molecule has 2 aliphatic heterocycles. The van der Waals surface area contributed by atoms with Crippen LogP contribution in [-0.2, 0) is 55.3 Å². The number of aliphatic hydroxyl groups excluding tert-OH is 4. The van der Waals surface area contributed by atoms with E-state index in [4.69, 9.17) is 18.9 Å². The van der Waals surface area contributed by atoms with Gasteiger partial charge in [0.1, 0.15) is 48.8 Å². The number of phosphoric acid groups is 4. The predicted octanol–water partition coefficient (Wildman–Crippen LogP) is -21.2. The van der Waals surface area contributed by atoms with E-state index in [2.05, 4.69) is 31.9 Å². The summed E-state index contributed by atoms with van der Waals surface area (Å²) in [5, 5.41) is 43.0. The van der Waals surface area contributed by atoms with Crippen molar-refractivity contribution < 1.29 is 351 Å². The third-order valence-electron chi connectivity index (χ3n) is 13.8. The van der Waals surface area contributed by atoms with Gasteiger partial charge in [-0.05, 0) is 12.8 Å². The summed E-state index contributed by atoms with van der Waals surface area (Å²) in [4.78, 5) is 94.0. The Morgan fingerprint density at radius 3 is 0.771 bits per heavy atom. The fourth-order valence-corrected chi connectivity index (χ4v) is 12.0. The zero-order valence-electron chi connectivity index (χ0n) is 52.1. The topological polar surface area (TPSA) is 408 Å². The molecule has 36 heteroatoms. The summed E-state index contributed by atoms with van der Waals surface area (Å²) in [5.74, 6) is 0. The van der Waals surface area contributed by atoms with Crippen molar-refractivity contribution in [2.24, 2.45) is 5.41 Å². The molecule has 0 aromatic carbocycles. The molecule has 83 heavy (non-hydrogen) atoms. The van der Waals surface area contributed by atoms with E-state index in [-0.39, 0.29) is 249 Å². The summed E-state index contributed by atoms with van der Waals surface area (Å²) >= 11 is 0. The second kappa shape index (κ2) is 59.0. The van der Waals surface area contributed by atoms with E-state index in [9.17, 15) is 77.8 Å². The summed E-state index contributed by atoms with van der Waals surface area (Å²) in [7, 11) is -24.1. The van der Waals surface area contributed by atoms with Gasteiger partial charge in [0.15, 0.2) is 12.6 Å². The summed E-state index contributed by atoms with van der Waals surface area (Å²) in [5.41, 5.74) is -1.21. The normalized spacial score (nSPS) is 22.9. The van der Waals surface area contributed by atoms with Crippen LogP contribution in [0.4, 0.5) is 0 Å². The van der Waals surface area contributed by atoms with Crippen LogP contribution in [0.3, 0.4) is 0 Å². The van der Waals surface area contributed by atoms with E-state index < -0.39 is 125 Å². The Labute approximate surface area is 671 Å².